The van der Waals surface area contributed by atoms with Gasteiger partial charge < -0.3 is 0 Å². The van der Waals surface area contributed by atoms with Crippen LogP contribution in [0.2, 0.25) is 0 Å². The maximum Gasteiger partial charge on any atom is 0.160 e. The van der Waals surface area contributed by atoms with Crippen LogP contribution in [0.1, 0.15) is 25.0 Å². The molecule has 9 rings (SSSR count). The lowest BCUT2D eigenvalue weighted by Gasteiger charge is -2.22. The first-order chi connectivity index (χ1) is 23.1. The van der Waals surface area contributed by atoms with Gasteiger partial charge in [-0.2, -0.15) is 0 Å². The molecule has 8 aromatic rings. The van der Waals surface area contributed by atoms with Crippen LogP contribution in [-0.4, -0.2) is 9.97 Å². The molecule has 0 aliphatic heterocycles. The minimum atomic E-state index is -0.0942. The highest BCUT2D eigenvalue weighted by molar-refractivity contribution is 6.08. The summed E-state index contributed by atoms with van der Waals surface area (Å²) in [5, 5.41) is 4.96. The molecule has 0 N–H and O–H groups in total. The molecule has 2 heteroatoms. The Morgan fingerprint density at radius 2 is 1.00 bits per heavy atom. The Balaban J connectivity index is 1.27. The number of aromatic nitrogens is 2. The zero-order valence-electron chi connectivity index (χ0n) is 26.4. The van der Waals surface area contributed by atoms with Crippen molar-refractivity contribution in [3.05, 3.63) is 169 Å². The van der Waals surface area contributed by atoms with Gasteiger partial charge in [0.1, 0.15) is 0 Å². The Morgan fingerprint density at radius 3 is 1.74 bits per heavy atom. The highest BCUT2D eigenvalue weighted by Crippen LogP contribution is 2.54. The minimum Gasteiger partial charge on any atom is -0.228 e. The van der Waals surface area contributed by atoms with Crippen molar-refractivity contribution in [1.29, 1.82) is 0 Å². The van der Waals surface area contributed by atoms with Crippen molar-refractivity contribution in [2.75, 3.05) is 0 Å². The standard InChI is InChI=1S/C45H32N2/c1-45(2)39-23-13-22-37(43(39)38-26-31-18-9-10-19-32(31)27-40(38)45)35-24-25-36(34-21-12-11-20-33(34)35)42-28-41(29-14-5-3-6-15-29)46-44(47-42)30-16-7-4-8-17-30/h3-28H,1-2H3. The van der Waals surface area contributed by atoms with Crippen LogP contribution < -0.4 is 0 Å². The van der Waals surface area contributed by atoms with Crippen molar-refractivity contribution >= 4 is 21.5 Å². The molecule has 0 saturated carbocycles. The van der Waals surface area contributed by atoms with Gasteiger partial charge in [-0.3, -0.25) is 0 Å². The van der Waals surface area contributed by atoms with Gasteiger partial charge in [-0.25, -0.2) is 9.97 Å². The molecule has 0 fully saturated rings. The monoisotopic (exact) mass is 600 g/mol. The summed E-state index contributed by atoms with van der Waals surface area (Å²) in [6.45, 7) is 4.72. The van der Waals surface area contributed by atoms with Crippen LogP contribution in [0.4, 0.5) is 0 Å². The third-order valence-electron chi connectivity index (χ3n) is 9.88. The minimum absolute atomic E-state index is 0.0942. The largest absolute Gasteiger partial charge is 0.228 e. The van der Waals surface area contributed by atoms with E-state index >= 15 is 0 Å². The quantitative estimate of drug-likeness (QED) is 0.201. The van der Waals surface area contributed by atoms with E-state index in [0.29, 0.717) is 0 Å². The summed E-state index contributed by atoms with van der Waals surface area (Å²) < 4.78 is 0. The molecule has 0 saturated heterocycles. The zero-order valence-corrected chi connectivity index (χ0v) is 26.4. The van der Waals surface area contributed by atoms with Crippen LogP contribution in [0.3, 0.4) is 0 Å². The zero-order chi connectivity index (χ0) is 31.5. The lowest BCUT2D eigenvalue weighted by atomic mass is 9.81. The average Bonchev–Trinajstić information content (AvgIpc) is 3.36. The molecule has 1 aliphatic carbocycles. The average molecular weight is 601 g/mol. The smallest absolute Gasteiger partial charge is 0.160 e. The van der Waals surface area contributed by atoms with E-state index in [1.54, 1.807) is 0 Å². The van der Waals surface area contributed by atoms with Crippen molar-refractivity contribution in [3.63, 3.8) is 0 Å². The first-order valence-corrected chi connectivity index (χ1v) is 16.3. The van der Waals surface area contributed by atoms with Crippen molar-refractivity contribution in [2.24, 2.45) is 0 Å². The normalized spacial score (nSPS) is 13.1. The molecule has 0 radical (unpaired) electrons. The van der Waals surface area contributed by atoms with E-state index in [9.17, 15) is 0 Å². The fraction of sp³-hybridized carbons (Fsp3) is 0.0667. The fourth-order valence-electron chi connectivity index (χ4n) is 7.51. The number of benzene rings is 7. The molecule has 0 unspecified atom stereocenters. The van der Waals surface area contributed by atoms with E-state index in [2.05, 4.69) is 147 Å². The van der Waals surface area contributed by atoms with Gasteiger partial charge in [-0.15, -0.1) is 0 Å². The number of fused-ring (bicyclic) bond motifs is 5. The van der Waals surface area contributed by atoms with Crippen LogP contribution >= 0.6 is 0 Å². The fourth-order valence-corrected chi connectivity index (χ4v) is 7.51. The van der Waals surface area contributed by atoms with Crippen molar-refractivity contribution in [2.45, 2.75) is 19.3 Å². The van der Waals surface area contributed by atoms with Gasteiger partial charge in [-0.1, -0.05) is 153 Å². The Bertz CT molecular complexity index is 2420. The summed E-state index contributed by atoms with van der Waals surface area (Å²) in [4.78, 5) is 10.2. The molecule has 2 nitrogen and oxygen atoms in total. The maximum atomic E-state index is 5.18. The van der Waals surface area contributed by atoms with Gasteiger partial charge in [0.15, 0.2) is 5.82 Å². The number of hydrogen-bond acceptors (Lipinski definition) is 2. The number of hydrogen-bond donors (Lipinski definition) is 0. The Morgan fingerprint density at radius 1 is 0.404 bits per heavy atom. The molecule has 222 valence electrons. The molecule has 1 aromatic heterocycles. The Kier molecular flexibility index (Phi) is 6.20. The molecule has 47 heavy (non-hydrogen) atoms. The summed E-state index contributed by atoms with van der Waals surface area (Å²) in [5.41, 5.74) is 12.9. The van der Waals surface area contributed by atoms with Crippen LogP contribution in [0.25, 0.3) is 77.7 Å². The van der Waals surface area contributed by atoms with E-state index in [-0.39, 0.29) is 5.41 Å². The second-order valence-electron chi connectivity index (χ2n) is 13.0. The van der Waals surface area contributed by atoms with E-state index in [4.69, 9.17) is 9.97 Å². The van der Waals surface area contributed by atoms with Crippen molar-refractivity contribution < 1.29 is 0 Å². The van der Waals surface area contributed by atoms with Crippen molar-refractivity contribution in [3.8, 4) is 56.2 Å². The summed E-state index contributed by atoms with van der Waals surface area (Å²) in [5.74, 6) is 0.724. The summed E-state index contributed by atoms with van der Waals surface area (Å²) >= 11 is 0. The van der Waals surface area contributed by atoms with Gasteiger partial charge in [0.05, 0.1) is 11.4 Å². The first kappa shape index (κ1) is 27.5. The van der Waals surface area contributed by atoms with Crippen LogP contribution in [-0.2, 0) is 5.41 Å². The molecule has 1 aliphatic rings. The van der Waals surface area contributed by atoms with E-state index in [0.717, 1.165) is 33.9 Å². The number of nitrogens with zero attached hydrogens (tertiary/aromatic N) is 2. The predicted octanol–water partition coefficient (Wildman–Crippen LogP) is 11.8. The maximum absolute atomic E-state index is 5.18. The van der Waals surface area contributed by atoms with Crippen molar-refractivity contribution in [1.82, 2.24) is 9.97 Å². The third-order valence-corrected chi connectivity index (χ3v) is 9.88. The molecule has 0 amide bonds. The van der Waals surface area contributed by atoms with Gasteiger partial charge in [0, 0.05) is 22.1 Å². The van der Waals surface area contributed by atoms with E-state index < -0.39 is 0 Å². The molecule has 7 aromatic carbocycles. The second-order valence-corrected chi connectivity index (χ2v) is 13.0. The van der Waals surface area contributed by atoms with E-state index in [1.807, 2.05) is 24.3 Å². The highest BCUT2D eigenvalue weighted by Gasteiger charge is 2.37. The second kappa shape index (κ2) is 10.6. The Hall–Kier alpha value is -5.86. The number of rotatable bonds is 4. The van der Waals surface area contributed by atoms with Crippen LogP contribution in [0, 0.1) is 0 Å². The molecule has 0 spiro atoms. The van der Waals surface area contributed by atoms with Crippen LogP contribution in [0.15, 0.2) is 158 Å². The lowest BCUT2D eigenvalue weighted by Crippen LogP contribution is -2.14. The SMILES string of the molecule is CC1(C)c2cc3ccccc3cc2-c2c(-c3ccc(-c4cc(-c5ccccc5)nc(-c5ccccc5)n4)c4ccccc34)cccc21. The predicted molar refractivity (Wildman–Crippen MR) is 196 cm³/mol. The summed E-state index contributed by atoms with van der Waals surface area (Å²) in [6.07, 6.45) is 0. The highest BCUT2D eigenvalue weighted by atomic mass is 14.9. The summed E-state index contributed by atoms with van der Waals surface area (Å²) in [6, 6.07) is 56.5. The van der Waals surface area contributed by atoms with Gasteiger partial charge in [0.25, 0.3) is 0 Å². The van der Waals surface area contributed by atoms with Crippen LogP contribution in [0.5, 0.6) is 0 Å². The molecular weight excluding hydrogens is 569 g/mol. The summed E-state index contributed by atoms with van der Waals surface area (Å²) in [7, 11) is 0. The van der Waals surface area contributed by atoms with Gasteiger partial charge >= 0.3 is 0 Å². The topological polar surface area (TPSA) is 25.8 Å². The Labute approximate surface area is 275 Å². The first-order valence-electron chi connectivity index (χ1n) is 16.3. The van der Waals surface area contributed by atoms with Gasteiger partial charge in [-0.05, 0) is 73.1 Å². The molecular formula is C45H32N2. The van der Waals surface area contributed by atoms with Gasteiger partial charge in [0.2, 0.25) is 0 Å². The third kappa shape index (κ3) is 4.40. The lowest BCUT2D eigenvalue weighted by molar-refractivity contribution is 0.661. The molecule has 0 atom stereocenters. The van der Waals surface area contributed by atoms with E-state index in [1.165, 1.54) is 54.9 Å². The molecule has 1 heterocycles. The molecule has 0 bridgehead atoms.